The van der Waals surface area contributed by atoms with Gasteiger partial charge in [-0.3, -0.25) is 4.99 Å². The summed E-state index contributed by atoms with van der Waals surface area (Å²) < 4.78 is 32.6. The molecule has 0 unspecified atom stereocenters. The van der Waals surface area contributed by atoms with Crippen molar-refractivity contribution in [1.82, 2.24) is 14.9 Å². The van der Waals surface area contributed by atoms with Gasteiger partial charge in [0, 0.05) is 33.3 Å². The van der Waals surface area contributed by atoms with Crippen molar-refractivity contribution in [3.05, 3.63) is 30.3 Å². The van der Waals surface area contributed by atoms with E-state index >= 15 is 0 Å². The lowest BCUT2D eigenvalue weighted by Crippen LogP contribution is -2.41. The summed E-state index contributed by atoms with van der Waals surface area (Å²) in [6.45, 7) is 5.63. The minimum Gasteiger partial charge on any atom is -0.379 e. The van der Waals surface area contributed by atoms with Crippen molar-refractivity contribution in [2.75, 3.05) is 46.4 Å². The van der Waals surface area contributed by atoms with Crippen molar-refractivity contribution in [2.24, 2.45) is 10.9 Å². The van der Waals surface area contributed by atoms with E-state index in [1.165, 1.54) is 12.8 Å². The predicted octanol–water partition coefficient (Wildman–Crippen LogP) is 1.29. The Morgan fingerprint density at radius 1 is 1.31 bits per heavy atom. The highest BCUT2D eigenvalue weighted by Gasteiger charge is 2.21. The third-order valence-electron chi connectivity index (χ3n) is 4.04. The number of hydrogen-bond acceptors (Lipinski definition) is 4. The molecule has 1 aliphatic rings. The third kappa shape index (κ3) is 7.31. The number of sulfonamides is 1. The number of aliphatic imine (C=N–C) groups is 1. The van der Waals surface area contributed by atoms with Crippen molar-refractivity contribution in [2.45, 2.75) is 24.7 Å². The SMILES string of the molecule is CCNC(=NCCNS(=O)(=O)c1ccccc1)N(C)CCOCC1CC1. The second-order valence-corrected chi connectivity index (χ2v) is 8.15. The highest BCUT2D eigenvalue weighted by molar-refractivity contribution is 7.89. The van der Waals surface area contributed by atoms with Gasteiger partial charge in [0.15, 0.2) is 5.96 Å². The van der Waals surface area contributed by atoms with E-state index in [9.17, 15) is 8.42 Å². The molecule has 8 heteroatoms. The van der Waals surface area contributed by atoms with E-state index < -0.39 is 10.0 Å². The number of benzene rings is 1. The summed E-state index contributed by atoms with van der Waals surface area (Å²) in [4.78, 5) is 6.75. The molecule has 7 nitrogen and oxygen atoms in total. The molecule has 146 valence electrons. The number of ether oxygens (including phenoxy) is 1. The molecule has 2 rings (SSSR count). The average molecular weight is 383 g/mol. The Morgan fingerprint density at radius 2 is 2.04 bits per heavy atom. The van der Waals surface area contributed by atoms with Crippen LogP contribution in [0, 0.1) is 5.92 Å². The summed E-state index contributed by atoms with van der Waals surface area (Å²) in [6.07, 6.45) is 2.58. The Bertz CT molecular complexity index is 660. The zero-order chi connectivity index (χ0) is 18.8. The van der Waals surface area contributed by atoms with E-state index in [-0.39, 0.29) is 11.4 Å². The lowest BCUT2D eigenvalue weighted by atomic mass is 10.4. The maximum absolute atomic E-state index is 12.2. The molecule has 0 radical (unpaired) electrons. The first-order valence-corrected chi connectivity index (χ1v) is 10.6. The van der Waals surface area contributed by atoms with E-state index in [1.54, 1.807) is 30.3 Å². The van der Waals surface area contributed by atoms with Crippen LogP contribution in [0.15, 0.2) is 40.2 Å². The van der Waals surface area contributed by atoms with E-state index in [0.717, 1.165) is 31.6 Å². The second kappa shape index (κ2) is 10.5. The summed E-state index contributed by atoms with van der Waals surface area (Å²) in [5.41, 5.74) is 0. The van der Waals surface area contributed by atoms with Crippen molar-refractivity contribution in [3.8, 4) is 0 Å². The van der Waals surface area contributed by atoms with Crippen LogP contribution in [-0.2, 0) is 14.8 Å². The van der Waals surface area contributed by atoms with Crippen LogP contribution in [0.3, 0.4) is 0 Å². The van der Waals surface area contributed by atoms with Gasteiger partial charge >= 0.3 is 0 Å². The fourth-order valence-corrected chi connectivity index (χ4v) is 3.38. The van der Waals surface area contributed by atoms with E-state index in [1.807, 2.05) is 18.9 Å². The van der Waals surface area contributed by atoms with Gasteiger partial charge in [-0.2, -0.15) is 0 Å². The fourth-order valence-electron chi connectivity index (χ4n) is 2.34. The van der Waals surface area contributed by atoms with Gasteiger partial charge in [0.1, 0.15) is 0 Å². The fraction of sp³-hybridized carbons (Fsp3) is 0.611. The van der Waals surface area contributed by atoms with Crippen LogP contribution < -0.4 is 10.0 Å². The molecule has 1 aromatic rings. The molecular formula is C18H30N4O3S. The lowest BCUT2D eigenvalue weighted by Gasteiger charge is -2.22. The van der Waals surface area contributed by atoms with Crippen molar-refractivity contribution in [3.63, 3.8) is 0 Å². The largest absolute Gasteiger partial charge is 0.379 e. The molecule has 0 aliphatic heterocycles. The Hall–Kier alpha value is -1.64. The van der Waals surface area contributed by atoms with Gasteiger partial charge in [-0.05, 0) is 37.8 Å². The third-order valence-corrected chi connectivity index (χ3v) is 5.51. The molecule has 26 heavy (non-hydrogen) atoms. The first-order valence-electron chi connectivity index (χ1n) is 9.15. The number of nitrogens with zero attached hydrogens (tertiary/aromatic N) is 2. The minimum absolute atomic E-state index is 0.248. The molecular weight excluding hydrogens is 352 g/mol. The Morgan fingerprint density at radius 3 is 2.69 bits per heavy atom. The summed E-state index contributed by atoms with van der Waals surface area (Å²) in [5.74, 6) is 1.52. The number of likely N-dealkylation sites (N-methyl/N-ethyl adjacent to an activating group) is 1. The maximum atomic E-state index is 12.2. The molecule has 0 aromatic heterocycles. The quantitative estimate of drug-likeness (QED) is 0.342. The number of nitrogens with one attached hydrogen (secondary N) is 2. The minimum atomic E-state index is -3.48. The summed E-state index contributed by atoms with van der Waals surface area (Å²) >= 11 is 0. The molecule has 2 N–H and O–H groups in total. The summed E-state index contributed by atoms with van der Waals surface area (Å²) in [6, 6.07) is 8.35. The first kappa shape index (κ1) is 20.7. The number of guanidine groups is 1. The Labute approximate surface area is 156 Å². The zero-order valence-corrected chi connectivity index (χ0v) is 16.5. The van der Waals surface area contributed by atoms with Gasteiger partial charge in [0.2, 0.25) is 10.0 Å². The molecule has 0 amide bonds. The van der Waals surface area contributed by atoms with Crippen LogP contribution in [-0.4, -0.2) is 65.7 Å². The normalized spacial score (nSPS) is 15.1. The van der Waals surface area contributed by atoms with Crippen molar-refractivity contribution in [1.29, 1.82) is 0 Å². The molecule has 1 aliphatic carbocycles. The van der Waals surface area contributed by atoms with Gasteiger partial charge in [-0.15, -0.1) is 0 Å². The monoisotopic (exact) mass is 382 g/mol. The maximum Gasteiger partial charge on any atom is 0.240 e. The van der Waals surface area contributed by atoms with Gasteiger partial charge < -0.3 is 15.0 Å². The number of hydrogen-bond donors (Lipinski definition) is 2. The molecule has 0 spiro atoms. The van der Waals surface area contributed by atoms with Gasteiger partial charge in [0.25, 0.3) is 0 Å². The average Bonchev–Trinajstić information content (AvgIpc) is 3.46. The molecule has 0 heterocycles. The van der Waals surface area contributed by atoms with Crippen molar-refractivity contribution >= 4 is 16.0 Å². The van der Waals surface area contributed by atoms with Crippen LogP contribution in [0.2, 0.25) is 0 Å². The topological polar surface area (TPSA) is 83.0 Å². The van der Waals surface area contributed by atoms with Gasteiger partial charge in [-0.1, -0.05) is 18.2 Å². The summed E-state index contributed by atoms with van der Waals surface area (Å²) in [7, 11) is -1.53. The van der Waals surface area contributed by atoms with Crippen LogP contribution in [0.25, 0.3) is 0 Å². The highest BCUT2D eigenvalue weighted by Crippen LogP contribution is 2.28. The first-order chi connectivity index (χ1) is 12.5. The Kier molecular flexibility index (Phi) is 8.34. The zero-order valence-electron chi connectivity index (χ0n) is 15.6. The van der Waals surface area contributed by atoms with Crippen LogP contribution in [0.4, 0.5) is 0 Å². The van der Waals surface area contributed by atoms with E-state index in [2.05, 4.69) is 15.0 Å². The number of rotatable bonds is 11. The van der Waals surface area contributed by atoms with Gasteiger partial charge in [-0.25, -0.2) is 13.1 Å². The van der Waals surface area contributed by atoms with E-state index in [0.29, 0.717) is 13.2 Å². The van der Waals surface area contributed by atoms with Crippen LogP contribution in [0.1, 0.15) is 19.8 Å². The Balaban J connectivity index is 1.76. The standard InChI is InChI=1S/C18H30N4O3S/c1-3-19-18(22(2)13-14-25-15-16-9-10-16)20-11-12-21-26(23,24)17-7-5-4-6-8-17/h4-8,16,21H,3,9-15H2,1-2H3,(H,19,20). The molecule has 1 saturated carbocycles. The molecule has 0 atom stereocenters. The second-order valence-electron chi connectivity index (χ2n) is 6.39. The summed E-state index contributed by atoms with van der Waals surface area (Å²) in [5, 5.41) is 3.22. The highest BCUT2D eigenvalue weighted by atomic mass is 32.2. The van der Waals surface area contributed by atoms with Crippen LogP contribution in [0.5, 0.6) is 0 Å². The predicted molar refractivity (Wildman–Crippen MR) is 104 cm³/mol. The van der Waals surface area contributed by atoms with Crippen molar-refractivity contribution < 1.29 is 13.2 Å². The lowest BCUT2D eigenvalue weighted by molar-refractivity contribution is 0.115. The van der Waals surface area contributed by atoms with Gasteiger partial charge in [0.05, 0.1) is 18.0 Å². The van der Waals surface area contributed by atoms with Crippen LogP contribution >= 0.6 is 0 Å². The molecule has 0 bridgehead atoms. The smallest absolute Gasteiger partial charge is 0.240 e. The molecule has 1 aromatic carbocycles. The van der Waals surface area contributed by atoms with E-state index in [4.69, 9.17) is 4.74 Å². The molecule has 0 saturated heterocycles. The molecule has 1 fully saturated rings.